The number of aromatic nitrogens is 2. The highest BCUT2D eigenvalue weighted by Crippen LogP contribution is 2.44. The van der Waals surface area contributed by atoms with Crippen LogP contribution in [0.1, 0.15) is 16.4 Å². The van der Waals surface area contributed by atoms with E-state index in [0.29, 0.717) is 11.6 Å². The minimum absolute atomic E-state index is 0.0159. The summed E-state index contributed by atoms with van der Waals surface area (Å²) in [5, 5.41) is 17.0. The Kier molecular flexibility index (Phi) is 4.49. The van der Waals surface area contributed by atoms with Gasteiger partial charge >= 0.3 is 0 Å². The summed E-state index contributed by atoms with van der Waals surface area (Å²) in [4.78, 5) is 12.2. The first-order valence-electron chi connectivity index (χ1n) is 8.19. The first kappa shape index (κ1) is 17.4. The number of amides is 1. The molecule has 1 amide bonds. The average Bonchev–Trinajstić information content (AvgIpc) is 2.97. The molecular weight excluding hydrogens is 369 g/mol. The number of aromatic hydroxyl groups is 1. The molecule has 1 aliphatic heterocycles. The Morgan fingerprint density at radius 1 is 1.33 bits per heavy atom. The first-order chi connectivity index (χ1) is 13.1. The van der Waals surface area contributed by atoms with Crippen molar-refractivity contribution in [1.82, 2.24) is 9.78 Å². The Labute approximate surface area is 159 Å². The van der Waals surface area contributed by atoms with E-state index >= 15 is 0 Å². The molecule has 0 saturated heterocycles. The molecule has 1 atom stereocenters. The van der Waals surface area contributed by atoms with Crippen molar-refractivity contribution in [3.05, 3.63) is 65.6 Å². The number of para-hydroxylation sites is 1. The fourth-order valence-electron chi connectivity index (χ4n) is 3.05. The van der Waals surface area contributed by atoms with E-state index in [1.807, 2.05) is 6.07 Å². The summed E-state index contributed by atoms with van der Waals surface area (Å²) >= 11 is 1.41. The van der Waals surface area contributed by atoms with Crippen LogP contribution in [0.25, 0.3) is 5.69 Å². The number of ether oxygens (including phenoxy) is 1. The zero-order valence-corrected chi connectivity index (χ0v) is 15.2. The largest absolute Gasteiger partial charge is 0.504 e. The number of anilines is 1. The first-order valence-corrected chi connectivity index (χ1v) is 9.24. The van der Waals surface area contributed by atoms with Gasteiger partial charge in [-0.05, 0) is 29.8 Å². The van der Waals surface area contributed by atoms with Gasteiger partial charge in [-0.15, -0.1) is 11.8 Å². The molecule has 2 heterocycles. The maximum atomic E-state index is 14.3. The predicted octanol–water partition coefficient (Wildman–Crippen LogP) is 3.50. The Hall–Kier alpha value is -3.00. The van der Waals surface area contributed by atoms with Crippen LogP contribution < -0.4 is 10.1 Å². The molecule has 0 saturated carbocycles. The third-order valence-corrected chi connectivity index (χ3v) is 5.59. The molecule has 0 aliphatic carbocycles. The van der Waals surface area contributed by atoms with Gasteiger partial charge in [0.05, 0.1) is 24.3 Å². The van der Waals surface area contributed by atoms with Crippen LogP contribution in [0.2, 0.25) is 0 Å². The molecule has 4 rings (SSSR count). The van der Waals surface area contributed by atoms with Crippen LogP contribution in [0.15, 0.2) is 48.7 Å². The van der Waals surface area contributed by atoms with E-state index in [1.54, 1.807) is 36.5 Å². The van der Waals surface area contributed by atoms with Gasteiger partial charge in [0, 0.05) is 5.56 Å². The van der Waals surface area contributed by atoms with Gasteiger partial charge in [-0.3, -0.25) is 4.79 Å². The van der Waals surface area contributed by atoms with E-state index in [-0.39, 0.29) is 28.3 Å². The molecule has 1 aromatic heterocycles. The summed E-state index contributed by atoms with van der Waals surface area (Å²) in [5.74, 6) is 0.405. The van der Waals surface area contributed by atoms with Crippen molar-refractivity contribution in [2.24, 2.45) is 0 Å². The number of fused-ring (bicyclic) bond motifs is 1. The average molecular weight is 385 g/mol. The highest BCUT2D eigenvalue weighted by molar-refractivity contribution is 8.00. The topological polar surface area (TPSA) is 76.4 Å². The SMILES string of the molecule is COc1ccc([C@H]2SCC(=O)Nc3c2cnn3-c2ccccc2F)cc1O. The number of carbonyl (C=O) groups is 1. The van der Waals surface area contributed by atoms with E-state index < -0.39 is 5.82 Å². The minimum atomic E-state index is -0.437. The summed E-state index contributed by atoms with van der Waals surface area (Å²) in [5.41, 5.74) is 1.78. The van der Waals surface area contributed by atoms with Crippen molar-refractivity contribution in [3.8, 4) is 17.2 Å². The third-order valence-electron chi connectivity index (χ3n) is 4.31. The molecular formula is C19H16FN3O3S. The lowest BCUT2D eigenvalue weighted by atomic mass is 10.1. The number of halogens is 1. The second-order valence-electron chi connectivity index (χ2n) is 5.98. The minimum Gasteiger partial charge on any atom is -0.504 e. The molecule has 27 heavy (non-hydrogen) atoms. The Balaban J connectivity index is 1.83. The highest BCUT2D eigenvalue weighted by Gasteiger charge is 2.29. The second kappa shape index (κ2) is 6.96. The van der Waals surface area contributed by atoms with Crippen molar-refractivity contribution in [2.45, 2.75) is 5.25 Å². The van der Waals surface area contributed by atoms with Gasteiger partial charge in [-0.1, -0.05) is 18.2 Å². The van der Waals surface area contributed by atoms with E-state index in [1.165, 1.54) is 29.6 Å². The normalized spacial score (nSPS) is 16.4. The third kappa shape index (κ3) is 3.12. The van der Waals surface area contributed by atoms with Gasteiger partial charge in [0.1, 0.15) is 17.3 Å². The molecule has 0 radical (unpaired) electrons. The summed E-state index contributed by atoms with van der Waals surface area (Å²) in [7, 11) is 1.48. The van der Waals surface area contributed by atoms with E-state index in [0.717, 1.165) is 11.1 Å². The van der Waals surface area contributed by atoms with E-state index in [9.17, 15) is 14.3 Å². The smallest absolute Gasteiger partial charge is 0.235 e. The lowest BCUT2D eigenvalue weighted by Crippen LogP contribution is -2.16. The van der Waals surface area contributed by atoms with Crippen molar-refractivity contribution in [2.75, 3.05) is 18.2 Å². The van der Waals surface area contributed by atoms with Crippen LogP contribution >= 0.6 is 11.8 Å². The van der Waals surface area contributed by atoms with E-state index in [2.05, 4.69) is 10.4 Å². The maximum absolute atomic E-state index is 14.3. The zero-order valence-electron chi connectivity index (χ0n) is 14.3. The quantitative estimate of drug-likeness (QED) is 0.722. The van der Waals surface area contributed by atoms with Gasteiger partial charge < -0.3 is 15.2 Å². The molecule has 3 aromatic rings. The number of phenols is 1. The molecule has 2 N–H and O–H groups in total. The van der Waals surface area contributed by atoms with Crippen molar-refractivity contribution < 1.29 is 19.0 Å². The number of carbonyl (C=O) groups excluding carboxylic acids is 1. The fourth-order valence-corrected chi connectivity index (χ4v) is 4.13. The van der Waals surface area contributed by atoms with Crippen LogP contribution in [0.3, 0.4) is 0 Å². The Bertz CT molecular complexity index is 1020. The number of phenolic OH excluding ortho intramolecular Hbond substituents is 1. The number of nitrogens with one attached hydrogen (secondary N) is 1. The molecule has 0 fully saturated rings. The van der Waals surface area contributed by atoms with Gasteiger partial charge in [-0.2, -0.15) is 5.10 Å². The second-order valence-corrected chi connectivity index (χ2v) is 7.08. The monoisotopic (exact) mass is 385 g/mol. The van der Waals surface area contributed by atoms with Gasteiger partial charge in [-0.25, -0.2) is 9.07 Å². The summed E-state index contributed by atoms with van der Waals surface area (Å²) in [6.45, 7) is 0. The number of benzene rings is 2. The Morgan fingerprint density at radius 3 is 2.89 bits per heavy atom. The van der Waals surface area contributed by atoms with Gasteiger partial charge in [0.25, 0.3) is 0 Å². The van der Waals surface area contributed by atoms with Crippen LogP contribution in [-0.4, -0.2) is 33.7 Å². The number of thioether (sulfide) groups is 1. The van der Waals surface area contributed by atoms with Crippen LogP contribution in [0.5, 0.6) is 11.5 Å². The molecule has 8 heteroatoms. The number of methoxy groups -OCH3 is 1. The zero-order chi connectivity index (χ0) is 19.0. The predicted molar refractivity (Wildman–Crippen MR) is 101 cm³/mol. The standard InChI is InChI=1S/C19H16FN3O3S/c1-26-16-7-6-11(8-15(16)24)18-12-9-21-23(14-5-3-2-4-13(14)20)19(12)22-17(25)10-27-18/h2-9,18,24H,10H2,1H3,(H,22,25)/t18-/m1/s1. The molecule has 1 aliphatic rings. The van der Waals surface area contributed by atoms with Gasteiger partial charge in [0.2, 0.25) is 5.91 Å². The van der Waals surface area contributed by atoms with Gasteiger partial charge in [0.15, 0.2) is 11.5 Å². The van der Waals surface area contributed by atoms with Crippen LogP contribution in [-0.2, 0) is 4.79 Å². The lowest BCUT2D eigenvalue weighted by Gasteiger charge is -2.15. The number of hydrogen-bond acceptors (Lipinski definition) is 5. The summed E-state index contributed by atoms with van der Waals surface area (Å²) < 4.78 is 20.7. The molecule has 6 nitrogen and oxygen atoms in total. The fraction of sp³-hybridized carbons (Fsp3) is 0.158. The lowest BCUT2D eigenvalue weighted by molar-refractivity contribution is -0.113. The maximum Gasteiger partial charge on any atom is 0.235 e. The van der Waals surface area contributed by atoms with Crippen molar-refractivity contribution >= 4 is 23.5 Å². The Morgan fingerprint density at radius 2 is 2.15 bits per heavy atom. The van der Waals surface area contributed by atoms with E-state index in [4.69, 9.17) is 4.74 Å². The number of hydrogen-bond donors (Lipinski definition) is 2. The summed E-state index contributed by atoms with van der Waals surface area (Å²) in [6, 6.07) is 11.4. The number of nitrogens with zero attached hydrogens (tertiary/aromatic N) is 2. The van der Waals surface area contributed by atoms with Crippen molar-refractivity contribution in [1.29, 1.82) is 0 Å². The highest BCUT2D eigenvalue weighted by atomic mass is 32.2. The summed E-state index contributed by atoms with van der Waals surface area (Å²) in [6.07, 6.45) is 1.62. The van der Waals surface area contributed by atoms with Crippen molar-refractivity contribution in [3.63, 3.8) is 0 Å². The molecule has 0 spiro atoms. The molecule has 0 unspecified atom stereocenters. The molecule has 0 bridgehead atoms. The van der Waals surface area contributed by atoms with Crippen LogP contribution in [0.4, 0.5) is 10.2 Å². The van der Waals surface area contributed by atoms with Crippen LogP contribution in [0, 0.1) is 5.82 Å². The molecule has 2 aromatic carbocycles. The number of rotatable bonds is 3. The molecule has 138 valence electrons.